The number of nitrogens with zero attached hydrogens (tertiary/aromatic N) is 2. The molecule has 2 aliphatic heterocycles. The van der Waals surface area contributed by atoms with Gasteiger partial charge in [0.25, 0.3) is 0 Å². The average Bonchev–Trinajstić information content (AvgIpc) is 2.80. The molecule has 22 heavy (non-hydrogen) atoms. The van der Waals surface area contributed by atoms with Gasteiger partial charge in [-0.3, -0.25) is 5.01 Å². The Morgan fingerprint density at radius 2 is 2.05 bits per heavy atom. The van der Waals surface area contributed by atoms with Crippen LogP contribution in [0.1, 0.15) is 54.4 Å². The molecule has 0 N–H and O–H groups in total. The Bertz CT molecular complexity index is 422. The number of rotatable bonds is 4. The summed E-state index contributed by atoms with van der Waals surface area (Å²) in [5.74, 6) is -0.269. The Kier molecular flexibility index (Phi) is 5.20. The summed E-state index contributed by atoms with van der Waals surface area (Å²) in [5.41, 5.74) is 0.575. The van der Waals surface area contributed by atoms with Gasteiger partial charge in [-0.2, -0.15) is 5.10 Å². The second-order valence-corrected chi connectivity index (χ2v) is 7.42. The monoisotopic (exact) mass is 312 g/mol. The van der Waals surface area contributed by atoms with Gasteiger partial charge >= 0.3 is 0 Å². The van der Waals surface area contributed by atoms with E-state index in [1.165, 1.54) is 0 Å². The van der Waals surface area contributed by atoms with Gasteiger partial charge in [-0.1, -0.05) is 13.8 Å². The van der Waals surface area contributed by atoms with E-state index in [1.807, 2.05) is 13.8 Å². The zero-order valence-electron chi connectivity index (χ0n) is 15.2. The van der Waals surface area contributed by atoms with Gasteiger partial charge < -0.3 is 14.2 Å². The number of methoxy groups -OCH3 is 1. The summed E-state index contributed by atoms with van der Waals surface area (Å²) in [5, 5.41) is 7.14. The van der Waals surface area contributed by atoms with Crippen LogP contribution in [0.25, 0.3) is 0 Å². The molecule has 3 atom stereocenters. The van der Waals surface area contributed by atoms with E-state index < -0.39 is 11.4 Å². The highest BCUT2D eigenvalue weighted by Gasteiger charge is 2.49. The van der Waals surface area contributed by atoms with Crippen molar-refractivity contribution in [2.45, 2.75) is 77.9 Å². The third kappa shape index (κ3) is 3.47. The molecule has 0 aromatic rings. The largest absolute Gasteiger partial charge is 0.382 e. The maximum Gasteiger partial charge on any atom is 0.164 e. The van der Waals surface area contributed by atoms with Crippen LogP contribution in [-0.4, -0.2) is 54.5 Å². The Hall–Kier alpha value is -0.650. The van der Waals surface area contributed by atoms with Gasteiger partial charge in [-0.05, 0) is 46.5 Å². The Balaban J connectivity index is 2.31. The average molecular weight is 312 g/mol. The predicted octanol–water partition coefficient (Wildman–Crippen LogP) is 3.04. The second kappa shape index (κ2) is 6.46. The fourth-order valence-corrected chi connectivity index (χ4v) is 3.52. The normalized spacial score (nSPS) is 37.3. The summed E-state index contributed by atoms with van der Waals surface area (Å²) in [7, 11) is 1.75. The van der Waals surface area contributed by atoms with Crippen molar-refractivity contribution in [1.82, 2.24) is 5.01 Å². The minimum absolute atomic E-state index is 0.0556. The van der Waals surface area contributed by atoms with Gasteiger partial charge in [0, 0.05) is 13.7 Å². The molecule has 0 aromatic carbocycles. The molecule has 5 nitrogen and oxygen atoms in total. The molecule has 0 bridgehead atoms. The van der Waals surface area contributed by atoms with Gasteiger partial charge in [0.2, 0.25) is 0 Å². The quantitative estimate of drug-likeness (QED) is 0.800. The van der Waals surface area contributed by atoms with Gasteiger partial charge in [-0.15, -0.1) is 0 Å². The van der Waals surface area contributed by atoms with E-state index in [2.05, 4.69) is 32.7 Å². The van der Waals surface area contributed by atoms with Crippen molar-refractivity contribution in [2.75, 3.05) is 20.3 Å². The van der Waals surface area contributed by atoms with Gasteiger partial charge in [0.05, 0.1) is 18.4 Å². The van der Waals surface area contributed by atoms with Crippen LogP contribution in [0.5, 0.6) is 0 Å². The van der Waals surface area contributed by atoms with Crippen molar-refractivity contribution in [3.8, 4) is 0 Å². The van der Waals surface area contributed by atoms with Crippen molar-refractivity contribution >= 4 is 5.71 Å². The van der Waals surface area contributed by atoms with Crippen molar-refractivity contribution in [3.05, 3.63) is 0 Å². The van der Waals surface area contributed by atoms with E-state index in [4.69, 9.17) is 19.3 Å². The van der Waals surface area contributed by atoms with Crippen LogP contribution < -0.4 is 0 Å². The molecule has 0 saturated carbocycles. The molecule has 0 aromatic heterocycles. The maximum absolute atomic E-state index is 6.30. The first-order valence-electron chi connectivity index (χ1n) is 8.42. The molecule has 2 rings (SSSR count). The number of hydrogen-bond acceptors (Lipinski definition) is 5. The van der Waals surface area contributed by atoms with Crippen LogP contribution in [-0.2, 0) is 14.2 Å². The van der Waals surface area contributed by atoms with Crippen molar-refractivity contribution in [1.29, 1.82) is 0 Å². The topological polar surface area (TPSA) is 43.3 Å². The third-order valence-corrected chi connectivity index (χ3v) is 4.86. The molecule has 2 fully saturated rings. The van der Waals surface area contributed by atoms with Gasteiger partial charge in [-0.25, -0.2) is 0 Å². The molecule has 0 amide bonds. The van der Waals surface area contributed by atoms with Gasteiger partial charge in [0.1, 0.15) is 11.7 Å². The number of hydrogen-bond donors (Lipinski definition) is 0. The number of hydrazone groups is 1. The highest BCUT2D eigenvalue weighted by molar-refractivity contribution is 5.96. The first-order chi connectivity index (χ1) is 10.2. The van der Waals surface area contributed by atoms with Crippen LogP contribution in [0.4, 0.5) is 0 Å². The summed E-state index contributed by atoms with van der Waals surface area (Å²) in [6.07, 6.45) is 2.23. The zero-order valence-corrected chi connectivity index (χ0v) is 15.2. The zero-order chi connectivity index (χ0) is 16.5. The first kappa shape index (κ1) is 17.7. The molecule has 2 heterocycles. The Morgan fingerprint density at radius 3 is 2.64 bits per heavy atom. The molecule has 0 unspecified atom stereocenters. The SMILES string of the molecule is COC[C@H]1CCCN1/N=C1/[C@@H](C)OC(C)(C)O[C@]1(C)C(C)C. The van der Waals surface area contributed by atoms with Crippen LogP contribution in [0.15, 0.2) is 5.10 Å². The Labute approximate surface area is 135 Å². The standard InChI is InChI=1S/C17H32N2O3/c1-12(2)17(6)15(13(3)21-16(4,5)22-17)18-19-10-8-9-14(19)11-20-7/h12-14H,8-11H2,1-7H3/b18-15-/t13-,14-,17-/m1/s1. The van der Waals surface area contributed by atoms with Crippen LogP contribution >= 0.6 is 0 Å². The predicted molar refractivity (Wildman–Crippen MR) is 88.0 cm³/mol. The summed E-state index contributed by atoms with van der Waals surface area (Å²) in [4.78, 5) is 0. The van der Waals surface area contributed by atoms with Crippen LogP contribution in [0.3, 0.4) is 0 Å². The van der Waals surface area contributed by atoms with E-state index in [0.29, 0.717) is 12.0 Å². The lowest BCUT2D eigenvalue weighted by atomic mass is 9.83. The van der Waals surface area contributed by atoms with E-state index in [1.54, 1.807) is 7.11 Å². The lowest BCUT2D eigenvalue weighted by molar-refractivity contribution is -0.287. The fourth-order valence-electron chi connectivity index (χ4n) is 3.52. The Morgan fingerprint density at radius 1 is 1.36 bits per heavy atom. The molecular weight excluding hydrogens is 280 g/mol. The summed E-state index contributed by atoms with van der Waals surface area (Å²) in [6, 6.07) is 0.357. The smallest absolute Gasteiger partial charge is 0.164 e. The minimum Gasteiger partial charge on any atom is -0.382 e. The molecule has 2 saturated heterocycles. The highest BCUT2D eigenvalue weighted by atomic mass is 16.7. The summed E-state index contributed by atoms with van der Waals surface area (Å²) < 4.78 is 17.7. The highest BCUT2D eigenvalue weighted by Crippen LogP contribution is 2.37. The number of ether oxygens (including phenoxy) is 3. The lowest BCUT2D eigenvalue weighted by Gasteiger charge is -2.49. The lowest BCUT2D eigenvalue weighted by Crippen LogP contribution is -2.60. The van der Waals surface area contributed by atoms with Gasteiger partial charge in [0.15, 0.2) is 5.79 Å². The summed E-state index contributed by atoms with van der Waals surface area (Å²) >= 11 is 0. The van der Waals surface area contributed by atoms with E-state index in [9.17, 15) is 0 Å². The van der Waals surface area contributed by atoms with Crippen LogP contribution in [0, 0.1) is 5.92 Å². The van der Waals surface area contributed by atoms with Crippen LogP contribution in [0.2, 0.25) is 0 Å². The maximum atomic E-state index is 6.30. The van der Waals surface area contributed by atoms with E-state index in [0.717, 1.165) is 31.7 Å². The van der Waals surface area contributed by atoms with Crippen molar-refractivity contribution < 1.29 is 14.2 Å². The molecule has 128 valence electrons. The first-order valence-corrected chi connectivity index (χ1v) is 8.42. The molecule has 0 radical (unpaired) electrons. The molecule has 2 aliphatic rings. The van der Waals surface area contributed by atoms with E-state index >= 15 is 0 Å². The fraction of sp³-hybridized carbons (Fsp3) is 0.941. The van der Waals surface area contributed by atoms with E-state index in [-0.39, 0.29) is 6.10 Å². The molecule has 5 heteroatoms. The second-order valence-electron chi connectivity index (χ2n) is 7.42. The minimum atomic E-state index is -0.589. The molecular formula is C17H32N2O3. The molecule has 0 spiro atoms. The van der Waals surface area contributed by atoms with Crippen molar-refractivity contribution in [3.63, 3.8) is 0 Å². The molecule has 0 aliphatic carbocycles. The summed E-state index contributed by atoms with van der Waals surface area (Å²) in [6.45, 7) is 14.2. The van der Waals surface area contributed by atoms with Crippen molar-refractivity contribution in [2.24, 2.45) is 11.0 Å². The third-order valence-electron chi connectivity index (χ3n) is 4.86.